The first-order chi connectivity index (χ1) is 7.49. The van der Waals surface area contributed by atoms with Gasteiger partial charge in [0.15, 0.2) is 0 Å². The van der Waals surface area contributed by atoms with Gasteiger partial charge in [-0.2, -0.15) is 0 Å². The van der Waals surface area contributed by atoms with Crippen molar-refractivity contribution >= 4 is 5.97 Å². The third-order valence-corrected chi connectivity index (χ3v) is 1.98. The Morgan fingerprint density at radius 3 is 1.44 bits per heavy atom. The molecule has 98 valence electrons. The summed E-state index contributed by atoms with van der Waals surface area (Å²) in [6, 6.07) is 0. The average Bonchev–Trinajstić information content (AvgIpc) is 2.19. The summed E-state index contributed by atoms with van der Waals surface area (Å²) in [6.07, 6.45) is 2.64. The lowest BCUT2D eigenvalue weighted by Gasteiger charge is -2.19. The fourth-order valence-corrected chi connectivity index (χ4v) is 1.28. The standard InChI is InChI=1S/C9H21N.C3H6O3/c1-4-7-10(8-5-2)9-6-3;1-2(4)3(5)6/h4-9H2,1-3H3;2,4H,1H3,(H,5,6). The van der Waals surface area contributed by atoms with Crippen molar-refractivity contribution in [2.75, 3.05) is 19.6 Å². The maximum absolute atomic E-state index is 9.45. The number of nitrogens with zero attached hydrogens (tertiary/aromatic N) is 1. The van der Waals surface area contributed by atoms with Crippen LogP contribution in [0.4, 0.5) is 0 Å². The van der Waals surface area contributed by atoms with Gasteiger partial charge in [-0.3, -0.25) is 0 Å². The lowest BCUT2D eigenvalue weighted by Crippen LogP contribution is -2.25. The van der Waals surface area contributed by atoms with Gasteiger partial charge in [0.25, 0.3) is 0 Å². The smallest absolute Gasteiger partial charge is 0.332 e. The van der Waals surface area contributed by atoms with Gasteiger partial charge in [0.1, 0.15) is 6.10 Å². The van der Waals surface area contributed by atoms with E-state index in [1.807, 2.05) is 0 Å². The molecule has 0 radical (unpaired) electrons. The molecule has 0 aromatic carbocycles. The predicted molar refractivity (Wildman–Crippen MR) is 66.6 cm³/mol. The molecule has 0 aromatic heterocycles. The highest BCUT2D eigenvalue weighted by molar-refractivity contribution is 5.71. The summed E-state index contributed by atoms with van der Waals surface area (Å²) in [4.78, 5) is 12.0. The number of aliphatic carboxylic acids is 1. The van der Waals surface area contributed by atoms with Gasteiger partial charge in [-0.15, -0.1) is 0 Å². The zero-order valence-electron chi connectivity index (χ0n) is 11.1. The molecule has 4 heteroatoms. The normalized spacial score (nSPS) is 11.9. The van der Waals surface area contributed by atoms with E-state index >= 15 is 0 Å². The second kappa shape index (κ2) is 12.5. The second-order valence-electron chi connectivity index (χ2n) is 3.86. The van der Waals surface area contributed by atoms with Crippen LogP contribution in [0.3, 0.4) is 0 Å². The summed E-state index contributed by atoms with van der Waals surface area (Å²) in [5.74, 6) is -1.19. The summed E-state index contributed by atoms with van der Waals surface area (Å²) in [5, 5.41) is 15.8. The molecule has 0 aliphatic rings. The quantitative estimate of drug-likeness (QED) is 0.706. The molecular formula is C12H27NO3. The highest BCUT2D eigenvalue weighted by Crippen LogP contribution is 1.94. The Bertz CT molecular complexity index is 146. The molecule has 0 rings (SSSR count). The van der Waals surface area contributed by atoms with E-state index in [1.54, 1.807) is 0 Å². The second-order valence-corrected chi connectivity index (χ2v) is 3.86. The minimum Gasteiger partial charge on any atom is -0.479 e. The van der Waals surface area contributed by atoms with E-state index < -0.39 is 12.1 Å². The summed E-state index contributed by atoms with van der Waals surface area (Å²) in [6.45, 7) is 11.8. The van der Waals surface area contributed by atoms with Crippen molar-refractivity contribution in [1.29, 1.82) is 0 Å². The highest BCUT2D eigenvalue weighted by Gasteiger charge is 2.01. The average molecular weight is 233 g/mol. The van der Waals surface area contributed by atoms with Gasteiger partial charge in [-0.1, -0.05) is 20.8 Å². The van der Waals surface area contributed by atoms with Gasteiger partial charge in [0, 0.05) is 0 Å². The van der Waals surface area contributed by atoms with Crippen LogP contribution < -0.4 is 0 Å². The van der Waals surface area contributed by atoms with Crippen LogP contribution in [0.15, 0.2) is 0 Å². The fourth-order valence-electron chi connectivity index (χ4n) is 1.28. The number of carboxylic acid groups (broad SMARTS) is 1. The molecule has 0 bridgehead atoms. The number of rotatable bonds is 7. The van der Waals surface area contributed by atoms with E-state index in [0.29, 0.717) is 0 Å². The topological polar surface area (TPSA) is 60.8 Å². The number of hydrogen-bond acceptors (Lipinski definition) is 3. The SMILES string of the molecule is CC(O)C(=O)O.CCCN(CCC)CCC. The van der Waals surface area contributed by atoms with Crippen LogP contribution in [-0.4, -0.2) is 46.8 Å². The zero-order chi connectivity index (χ0) is 13.0. The Hall–Kier alpha value is -0.610. The Morgan fingerprint density at radius 2 is 1.31 bits per heavy atom. The number of aliphatic hydroxyl groups is 1. The van der Waals surface area contributed by atoms with Gasteiger partial charge in [0.2, 0.25) is 0 Å². The van der Waals surface area contributed by atoms with Crippen LogP contribution in [0.1, 0.15) is 47.0 Å². The maximum Gasteiger partial charge on any atom is 0.332 e. The third-order valence-electron chi connectivity index (χ3n) is 1.98. The largest absolute Gasteiger partial charge is 0.479 e. The van der Waals surface area contributed by atoms with Crippen LogP contribution in [0, 0.1) is 0 Å². The number of hydrogen-bond donors (Lipinski definition) is 2. The molecule has 0 aromatic rings. The first-order valence-electron chi connectivity index (χ1n) is 6.12. The lowest BCUT2D eigenvalue weighted by molar-refractivity contribution is -0.145. The van der Waals surface area contributed by atoms with Crippen LogP contribution >= 0.6 is 0 Å². The summed E-state index contributed by atoms with van der Waals surface area (Å²) < 4.78 is 0. The van der Waals surface area contributed by atoms with E-state index in [1.165, 1.54) is 45.8 Å². The van der Waals surface area contributed by atoms with Crippen molar-refractivity contribution in [3.63, 3.8) is 0 Å². The Labute approximate surface area is 99.3 Å². The maximum atomic E-state index is 9.45. The monoisotopic (exact) mass is 233 g/mol. The van der Waals surface area contributed by atoms with Crippen molar-refractivity contribution in [1.82, 2.24) is 4.90 Å². The number of carboxylic acids is 1. The first-order valence-corrected chi connectivity index (χ1v) is 6.12. The summed E-state index contributed by atoms with van der Waals surface area (Å²) in [5.41, 5.74) is 0. The minimum atomic E-state index is -1.23. The molecule has 0 saturated carbocycles. The van der Waals surface area contributed by atoms with Crippen molar-refractivity contribution in [2.45, 2.75) is 53.1 Å². The van der Waals surface area contributed by atoms with Gasteiger partial charge >= 0.3 is 5.97 Å². The van der Waals surface area contributed by atoms with Gasteiger partial charge in [-0.05, 0) is 45.8 Å². The Balaban J connectivity index is 0. The van der Waals surface area contributed by atoms with Crippen molar-refractivity contribution in [3.8, 4) is 0 Å². The molecule has 0 saturated heterocycles. The Morgan fingerprint density at radius 1 is 1.06 bits per heavy atom. The molecule has 2 N–H and O–H groups in total. The van der Waals surface area contributed by atoms with E-state index in [2.05, 4.69) is 25.7 Å². The van der Waals surface area contributed by atoms with E-state index in [0.717, 1.165) is 0 Å². The molecule has 0 amide bonds. The molecule has 16 heavy (non-hydrogen) atoms. The van der Waals surface area contributed by atoms with E-state index in [-0.39, 0.29) is 0 Å². The van der Waals surface area contributed by atoms with Gasteiger partial charge < -0.3 is 15.1 Å². The summed E-state index contributed by atoms with van der Waals surface area (Å²) in [7, 11) is 0. The molecular weight excluding hydrogens is 206 g/mol. The lowest BCUT2D eigenvalue weighted by atomic mass is 10.3. The van der Waals surface area contributed by atoms with Crippen LogP contribution in [-0.2, 0) is 4.79 Å². The molecule has 1 atom stereocenters. The van der Waals surface area contributed by atoms with Crippen LogP contribution in [0.25, 0.3) is 0 Å². The predicted octanol–water partition coefficient (Wildman–Crippen LogP) is 1.97. The Kier molecular flexibility index (Phi) is 13.8. The number of aliphatic hydroxyl groups excluding tert-OH is 1. The van der Waals surface area contributed by atoms with Gasteiger partial charge in [0.05, 0.1) is 0 Å². The van der Waals surface area contributed by atoms with Crippen LogP contribution in [0.2, 0.25) is 0 Å². The molecule has 0 spiro atoms. The molecule has 1 unspecified atom stereocenters. The molecule has 0 aliphatic heterocycles. The first kappa shape index (κ1) is 17.8. The summed E-state index contributed by atoms with van der Waals surface area (Å²) >= 11 is 0. The highest BCUT2D eigenvalue weighted by atomic mass is 16.4. The minimum absolute atomic E-state index is 1.19. The molecule has 0 fully saturated rings. The zero-order valence-corrected chi connectivity index (χ0v) is 11.1. The third kappa shape index (κ3) is 13.4. The van der Waals surface area contributed by atoms with E-state index in [4.69, 9.17) is 10.2 Å². The molecule has 4 nitrogen and oxygen atoms in total. The molecule has 0 heterocycles. The van der Waals surface area contributed by atoms with Crippen molar-refractivity contribution in [3.05, 3.63) is 0 Å². The van der Waals surface area contributed by atoms with Crippen LogP contribution in [0.5, 0.6) is 0 Å². The van der Waals surface area contributed by atoms with Crippen molar-refractivity contribution < 1.29 is 15.0 Å². The number of carbonyl (C=O) groups is 1. The van der Waals surface area contributed by atoms with Gasteiger partial charge in [-0.25, -0.2) is 4.79 Å². The fraction of sp³-hybridized carbons (Fsp3) is 0.917. The van der Waals surface area contributed by atoms with Crippen molar-refractivity contribution in [2.24, 2.45) is 0 Å². The van der Waals surface area contributed by atoms with E-state index in [9.17, 15) is 4.79 Å². The molecule has 0 aliphatic carbocycles.